The third kappa shape index (κ3) is 2.12. The largest absolute Gasteiger partial charge is 0.333 e. The minimum absolute atomic E-state index is 0.0319. The zero-order valence-corrected chi connectivity index (χ0v) is 12.7. The van der Waals surface area contributed by atoms with Crippen LogP contribution in [0.15, 0.2) is 15.9 Å². The van der Waals surface area contributed by atoms with Crippen molar-refractivity contribution in [3.05, 3.63) is 27.2 Å². The highest BCUT2D eigenvalue weighted by molar-refractivity contribution is 5.70. The van der Waals surface area contributed by atoms with Crippen molar-refractivity contribution in [2.24, 2.45) is 7.05 Å². The molecule has 0 aromatic carbocycles. The average molecular weight is 291 g/mol. The summed E-state index contributed by atoms with van der Waals surface area (Å²) in [5.41, 5.74) is 0.515. The second-order valence-corrected chi connectivity index (χ2v) is 5.93. The van der Waals surface area contributed by atoms with Gasteiger partial charge in [-0.25, -0.2) is 9.78 Å². The minimum atomic E-state index is -0.242. The fraction of sp³-hybridized carbons (Fsp3) is 0.643. The smallest absolute Gasteiger partial charge is 0.328 e. The Labute approximate surface area is 122 Å². The van der Waals surface area contributed by atoms with E-state index in [2.05, 4.69) is 10.3 Å². The Morgan fingerprint density at radius 2 is 1.95 bits per heavy atom. The fourth-order valence-electron chi connectivity index (χ4n) is 3.10. The van der Waals surface area contributed by atoms with Gasteiger partial charge in [-0.15, -0.1) is 0 Å². The lowest BCUT2D eigenvalue weighted by Gasteiger charge is -2.25. The van der Waals surface area contributed by atoms with Crippen LogP contribution in [0.2, 0.25) is 0 Å². The molecule has 0 atom stereocenters. The molecule has 21 heavy (non-hydrogen) atoms. The summed E-state index contributed by atoms with van der Waals surface area (Å²) in [5, 5.41) is 3.26. The van der Waals surface area contributed by atoms with Crippen LogP contribution in [-0.2, 0) is 7.05 Å². The Morgan fingerprint density at radius 3 is 2.57 bits per heavy atom. The summed E-state index contributed by atoms with van der Waals surface area (Å²) in [7, 11) is 1.79. The van der Waals surface area contributed by atoms with Crippen LogP contribution in [0.5, 0.6) is 0 Å². The molecule has 0 bridgehead atoms. The number of nitrogens with zero attached hydrogens (tertiary/aromatic N) is 4. The number of aromatic nitrogens is 4. The molecule has 1 fully saturated rings. The maximum atomic E-state index is 12.8. The number of hydrogen-bond acceptors (Lipinski definition) is 4. The molecule has 1 aliphatic rings. The van der Waals surface area contributed by atoms with Crippen molar-refractivity contribution >= 4 is 11.2 Å². The van der Waals surface area contributed by atoms with Crippen LogP contribution in [-0.4, -0.2) is 31.8 Å². The number of nitrogens with one attached hydrogen (secondary N) is 1. The van der Waals surface area contributed by atoms with Gasteiger partial charge in [0.05, 0.1) is 6.33 Å². The van der Waals surface area contributed by atoms with Gasteiger partial charge in [0, 0.05) is 19.1 Å². The zero-order chi connectivity index (χ0) is 15.1. The highest BCUT2D eigenvalue weighted by atomic mass is 16.2. The number of rotatable bonds is 2. The van der Waals surface area contributed by atoms with Crippen molar-refractivity contribution in [1.82, 2.24) is 24.0 Å². The Morgan fingerprint density at radius 1 is 1.29 bits per heavy atom. The maximum absolute atomic E-state index is 12.8. The molecule has 114 valence electrons. The minimum Gasteiger partial charge on any atom is -0.328 e. The van der Waals surface area contributed by atoms with Crippen LogP contribution in [0.25, 0.3) is 11.2 Å². The lowest BCUT2D eigenvalue weighted by atomic mass is 10.1. The quantitative estimate of drug-likeness (QED) is 0.869. The molecule has 0 spiro atoms. The molecule has 2 aromatic heterocycles. The van der Waals surface area contributed by atoms with Crippen molar-refractivity contribution in [1.29, 1.82) is 0 Å². The first kappa shape index (κ1) is 14.1. The lowest BCUT2D eigenvalue weighted by Crippen LogP contribution is -2.45. The fourth-order valence-corrected chi connectivity index (χ4v) is 3.10. The summed E-state index contributed by atoms with van der Waals surface area (Å²) >= 11 is 0. The van der Waals surface area contributed by atoms with Crippen molar-refractivity contribution in [3.63, 3.8) is 0 Å². The monoisotopic (exact) mass is 291 g/mol. The van der Waals surface area contributed by atoms with Gasteiger partial charge in [-0.3, -0.25) is 13.9 Å². The van der Waals surface area contributed by atoms with E-state index in [1.165, 1.54) is 4.57 Å². The third-order valence-corrected chi connectivity index (χ3v) is 4.17. The molecule has 0 radical (unpaired) electrons. The topological polar surface area (TPSA) is 73.8 Å². The molecule has 1 aliphatic heterocycles. The van der Waals surface area contributed by atoms with E-state index in [9.17, 15) is 9.59 Å². The third-order valence-electron chi connectivity index (χ3n) is 4.17. The zero-order valence-electron chi connectivity index (χ0n) is 12.7. The summed E-state index contributed by atoms with van der Waals surface area (Å²) in [4.78, 5) is 29.8. The molecule has 1 saturated heterocycles. The van der Waals surface area contributed by atoms with E-state index in [0.29, 0.717) is 11.2 Å². The first-order valence-electron chi connectivity index (χ1n) is 7.41. The van der Waals surface area contributed by atoms with Gasteiger partial charge >= 0.3 is 5.69 Å². The molecule has 0 saturated carbocycles. The second kappa shape index (κ2) is 5.14. The van der Waals surface area contributed by atoms with Gasteiger partial charge in [0.15, 0.2) is 11.2 Å². The normalized spacial score (nSPS) is 17.0. The molecule has 0 aliphatic carbocycles. The van der Waals surface area contributed by atoms with Crippen molar-refractivity contribution < 1.29 is 0 Å². The molecular weight excluding hydrogens is 270 g/mol. The van der Waals surface area contributed by atoms with Crippen molar-refractivity contribution in [2.45, 2.75) is 38.8 Å². The standard InChI is InChI=1S/C14H21N5O2/c1-9(2)18-12-11(17(3)8-16-12)13(20)19(14(18)21)10-4-6-15-7-5-10/h8-10,15H,4-7H2,1-3H3. The van der Waals surface area contributed by atoms with E-state index in [0.717, 1.165) is 25.9 Å². The highest BCUT2D eigenvalue weighted by Crippen LogP contribution is 2.17. The number of aryl methyl sites for hydroxylation is 1. The van der Waals surface area contributed by atoms with Crippen molar-refractivity contribution in [2.75, 3.05) is 13.1 Å². The Kier molecular flexibility index (Phi) is 3.44. The van der Waals surface area contributed by atoms with Crippen LogP contribution in [0, 0.1) is 0 Å². The number of imidazole rings is 1. The van der Waals surface area contributed by atoms with E-state index in [1.807, 2.05) is 13.8 Å². The summed E-state index contributed by atoms with van der Waals surface area (Å²) in [6.45, 7) is 5.54. The summed E-state index contributed by atoms with van der Waals surface area (Å²) in [6.07, 6.45) is 3.20. The van der Waals surface area contributed by atoms with Gasteiger partial charge in [-0.1, -0.05) is 0 Å². The van der Waals surface area contributed by atoms with E-state index in [-0.39, 0.29) is 23.3 Å². The number of piperidine rings is 1. The van der Waals surface area contributed by atoms with E-state index >= 15 is 0 Å². The predicted molar refractivity (Wildman–Crippen MR) is 80.8 cm³/mol. The van der Waals surface area contributed by atoms with Gasteiger partial charge < -0.3 is 9.88 Å². The molecule has 0 amide bonds. The lowest BCUT2D eigenvalue weighted by molar-refractivity contribution is 0.341. The summed E-state index contributed by atoms with van der Waals surface area (Å²) < 4.78 is 4.76. The summed E-state index contributed by atoms with van der Waals surface area (Å²) in [6, 6.07) is -0.0704. The molecule has 1 N–H and O–H groups in total. The van der Waals surface area contributed by atoms with E-state index in [4.69, 9.17) is 0 Å². The Balaban J connectivity index is 2.36. The Bertz CT molecular complexity index is 777. The molecule has 7 nitrogen and oxygen atoms in total. The van der Waals surface area contributed by atoms with Crippen LogP contribution >= 0.6 is 0 Å². The average Bonchev–Trinajstić information content (AvgIpc) is 2.82. The van der Waals surface area contributed by atoms with E-state index < -0.39 is 0 Å². The molecule has 0 unspecified atom stereocenters. The predicted octanol–water partition coefficient (Wildman–Crippen LogP) is 0.402. The molecule has 2 aromatic rings. The number of fused-ring (bicyclic) bond motifs is 1. The van der Waals surface area contributed by atoms with Gasteiger partial charge in [0.2, 0.25) is 0 Å². The first-order chi connectivity index (χ1) is 10.0. The van der Waals surface area contributed by atoms with Crippen LogP contribution in [0.1, 0.15) is 38.8 Å². The summed E-state index contributed by atoms with van der Waals surface area (Å²) in [5.74, 6) is 0. The van der Waals surface area contributed by atoms with E-state index in [1.54, 1.807) is 22.5 Å². The van der Waals surface area contributed by atoms with Gasteiger partial charge in [0.25, 0.3) is 5.56 Å². The highest BCUT2D eigenvalue weighted by Gasteiger charge is 2.24. The van der Waals surface area contributed by atoms with Crippen molar-refractivity contribution in [3.8, 4) is 0 Å². The number of hydrogen-bond donors (Lipinski definition) is 1. The Hall–Kier alpha value is -1.89. The first-order valence-corrected chi connectivity index (χ1v) is 7.41. The van der Waals surface area contributed by atoms with Gasteiger partial charge in [-0.2, -0.15) is 0 Å². The van der Waals surface area contributed by atoms with Crippen LogP contribution in [0.3, 0.4) is 0 Å². The molecule has 3 rings (SSSR count). The van der Waals surface area contributed by atoms with Gasteiger partial charge in [0.1, 0.15) is 0 Å². The molecule has 3 heterocycles. The molecule has 7 heteroatoms. The van der Waals surface area contributed by atoms with Gasteiger partial charge in [-0.05, 0) is 39.8 Å². The molecular formula is C14H21N5O2. The van der Waals surface area contributed by atoms with Crippen LogP contribution in [0.4, 0.5) is 0 Å². The second-order valence-electron chi connectivity index (χ2n) is 5.93. The van der Waals surface area contributed by atoms with Crippen LogP contribution < -0.4 is 16.6 Å². The maximum Gasteiger partial charge on any atom is 0.333 e. The SMILES string of the molecule is CC(C)n1c(=O)n(C2CCNCC2)c(=O)c2c1ncn2C.